The lowest BCUT2D eigenvalue weighted by Crippen LogP contribution is -2.30. The van der Waals surface area contributed by atoms with Gasteiger partial charge in [0.05, 0.1) is 18.5 Å². The van der Waals surface area contributed by atoms with Crippen LogP contribution in [0.5, 0.6) is 0 Å². The topological polar surface area (TPSA) is 35.2 Å². The summed E-state index contributed by atoms with van der Waals surface area (Å²) in [6.45, 7) is 3.28. The molecule has 1 aromatic rings. The SMILES string of the molecule is CC(N)c1cccc(F)c1SC1COC1. The van der Waals surface area contributed by atoms with Crippen LogP contribution in [0.1, 0.15) is 18.5 Å². The average Bonchev–Trinajstić information content (AvgIpc) is 2.12. The van der Waals surface area contributed by atoms with E-state index in [1.807, 2.05) is 13.0 Å². The standard InChI is InChI=1S/C11H14FNOS/c1-7(13)9-3-2-4-10(12)11(9)15-8-5-14-6-8/h2-4,7-8H,5-6,13H2,1H3. The molecule has 2 N–H and O–H groups in total. The monoisotopic (exact) mass is 227 g/mol. The van der Waals surface area contributed by atoms with Crippen LogP contribution in [0.3, 0.4) is 0 Å². The summed E-state index contributed by atoms with van der Waals surface area (Å²) in [5.41, 5.74) is 6.69. The minimum atomic E-state index is -0.179. The molecule has 1 saturated heterocycles. The highest BCUT2D eigenvalue weighted by atomic mass is 32.2. The van der Waals surface area contributed by atoms with Gasteiger partial charge in [0, 0.05) is 10.9 Å². The van der Waals surface area contributed by atoms with Crippen LogP contribution in [0.25, 0.3) is 0 Å². The summed E-state index contributed by atoms with van der Waals surface area (Å²) in [6.07, 6.45) is 0. The largest absolute Gasteiger partial charge is 0.379 e. The van der Waals surface area contributed by atoms with Gasteiger partial charge in [0.2, 0.25) is 0 Å². The van der Waals surface area contributed by atoms with E-state index >= 15 is 0 Å². The first-order valence-corrected chi connectivity index (χ1v) is 5.85. The Bertz CT molecular complexity index is 352. The molecule has 0 radical (unpaired) electrons. The van der Waals surface area contributed by atoms with E-state index in [0.29, 0.717) is 23.4 Å². The van der Waals surface area contributed by atoms with Crippen LogP contribution in [0.4, 0.5) is 4.39 Å². The van der Waals surface area contributed by atoms with Crippen molar-refractivity contribution in [1.29, 1.82) is 0 Å². The quantitative estimate of drug-likeness (QED) is 0.860. The van der Waals surface area contributed by atoms with Crippen LogP contribution in [-0.4, -0.2) is 18.5 Å². The van der Waals surface area contributed by atoms with Gasteiger partial charge < -0.3 is 10.5 Å². The average molecular weight is 227 g/mol. The summed E-state index contributed by atoms with van der Waals surface area (Å²) in [5.74, 6) is -0.179. The number of nitrogens with two attached hydrogens (primary N) is 1. The molecule has 4 heteroatoms. The van der Waals surface area contributed by atoms with E-state index in [0.717, 1.165) is 5.56 Å². The Morgan fingerprint density at radius 3 is 2.80 bits per heavy atom. The van der Waals surface area contributed by atoms with E-state index in [9.17, 15) is 4.39 Å². The molecule has 0 aromatic heterocycles. The van der Waals surface area contributed by atoms with Crippen molar-refractivity contribution in [1.82, 2.24) is 0 Å². The fourth-order valence-electron chi connectivity index (χ4n) is 1.46. The lowest BCUT2D eigenvalue weighted by atomic mass is 10.1. The third kappa shape index (κ3) is 2.33. The smallest absolute Gasteiger partial charge is 0.137 e. The van der Waals surface area contributed by atoms with Crippen molar-refractivity contribution in [3.05, 3.63) is 29.6 Å². The van der Waals surface area contributed by atoms with Gasteiger partial charge in [0.25, 0.3) is 0 Å². The van der Waals surface area contributed by atoms with Gasteiger partial charge in [-0.25, -0.2) is 4.39 Å². The molecule has 82 valence electrons. The maximum Gasteiger partial charge on any atom is 0.137 e. The van der Waals surface area contributed by atoms with Crippen molar-refractivity contribution < 1.29 is 9.13 Å². The van der Waals surface area contributed by atoms with Crippen LogP contribution in [0, 0.1) is 5.82 Å². The Morgan fingerprint density at radius 1 is 1.53 bits per heavy atom. The maximum absolute atomic E-state index is 13.6. The van der Waals surface area contributed by atoms with E-state index in [1.54, 1.807) is 6.07 Å². The van der Waals surface area contributed by atoms with Crippen LogP contribution < -0.4 is 5.73 Å². The van der Waals surface area contributed by atoms with Crippen molar-refractivity contribution in [2.24, 2.45) is 5.73 Å². The molecule has 1 aromatic carbocycles. The minimum Gasteiger partial charge on any atom is -0.379 e. The highest BCUT2D eigenvalue weighted by Crippen LogP contribution is 2.34. The van der Waals surface area contributed by atoms with E-state index < -0.39 is 0 Å². The molecule has 0 spiro atoms. The molecule has 0 bridgehead atoms. The first-order valence-electron chi connectivity index (χ1n) is 4.97. The van der Waals surface area contributed by atoms with Crippen molar-refractivity contribution >= 4 is 11.8 Å². The summed E-state index contributed by atoms with van der Waals surface area (Å²) < 4.78 is 18.7. The zero-order chi connectivity index (χ0) is 10.8. The highest BCUT2D eigenvalue weighted by molar-refractivity contribution is 8.00. The zero-order valence-corrected chi connectivity index (χ0v) is 9.39. The second-order valence-electron chi connectivity index (χ2n) is 3.72. The Hall–Kier alpha value is -0.580. The number of halogens is 1. The lowest BCUT2D eigenvalue weighted by Gasteiger charge is -2.26. The van der Waals surface area contributed by atoms with E-state index in [4.69, 9.17) is 10.5 Å². The Balaban J connectivity index is 2.25. The van der Waals surface area contributed by atoms with Gasteiger partial charge >= 0.3 is 0 Å². The van der Waals surface area contributed by atoms with E-state index in [1.165, 1.54) is 17.8 Å². The first kappa shape index (κ1) is 10.9. The third-order valence-corrected chi connectivity index (χ3v) is 3.65. The number of hydrogen-bond donors (Lipinski definition) is 1. The fraction of sp³-hybridized carbons (Fsp3) is 0.455. The number of ether oxygens (including phenoxy) is 1. The van der Waals surface area contributed by atoms with Gasteiger partial charge in [-0.3, -0.25) is 0 Å². The Kier molecular flexibility index (Phi) is 3.29. The molecule has 1 unspecified atom stereocenters. The Morgan fingerprint density at radius 2 is 2.27 bits per heavy atom. The summed E-state index contributed by atoms with van der Waals surface area (Å²) >= 11 is 1.53. The summed E-state index contributed by atoms with van der Waals surface area (Å²) in [5, 5.41) is 0.374. The van der Waals surface area contributed by atoms with Crippen LogP contribution >= 0.6 is 11.8 Å². The highest BCUT2D eigenvalue weighted by Gasteiger charge is 2.23. The van der Waals surface area contributed by atoms with Gasteiger partial charge in [-0.1, -0.05) is 12.1 Å². The molecule has 15 heavy (non-hydrogen) atoms. The molecule has 1 aliphatic heterocycles. The predicted molar refractivity (Wildman–Crippen MR) is 59.5 cm³/mol. The van der Waals surface area contributed by atoms with Crippen molar-refractivity contribution in [3.8, 4) is 0 Å². The molecule has 2 nitrogen and oxygen atoms in total. The summed E-state index contributed by atoms with van der Waals surface area (Å²) in [6, 6.07) is 4.93. The second-order valence-corrected chi connectivity index (χ2v) is 5.03. The predicted octanol–water partition coefficient (Wildman–Crippen LogP) is 2.34. The second kappa shape index (κ2) is 4.51. The maximum atomic E-state index is 13.6. The number of thioether (sulfide) groups is 1. The molecule has 1 atom stereocenters. The number of benzene rings is 1. The Labute approximate surface area is 93.0 Å². The third-order valence-electron chi connectivity index (χ3n) is 2.38. The van der Waals surface area contributed by atoms with Gasteiger partial charge in [0.15, 0.2) is 0 Å². The number of rotatable bonds is 3. The van der Waals surface area contributed by atoms with Crippen LogP contribution in [0.15, 0.2) is 23.1 Å². The molecule has 1 aliphatic rings. The van der Waals surface area contributed by atoms with E-state index in [-0.39, 0.29) is 11.9 Å². The molecule has 0 saturated carbocycles. The molecule has 1 fully saturated rings. The molecule has 2 rings (SSSR count). The van der Waals surface area contributed by atoms with Crippen molar-refractivity contribution in [2.45, 2.75) is 23.1 Å². The lowest BCUT2D eigenvalue weighted by molar-refractivity contribution is 0.0454. The summed E-state index contributed by atoms with van der Waals surface area (Å²) in [4.78, 5) is 0.681. The molecule has 1 heterocycles. The van der Waals surface area contributed by atoms with Crippen LogP contribution in [-0.2, 0) is 4.74 Å². The van der Waals surface area contributed by atoms with Gasteiger partial charge in [0.1, 0.15) is 5.82 Å². The van der Waals surface area contributed by atoms with E-state index in [2.05, 4.69) is 0 Å². The molecule has 0 amide bonds. The normalized spacial score (nSPS) is 18.6. The van der Waals surface area contributed by atoms with Crippen molar-refractivity contribution in [2.75, 3.05) is 13.2 Å². The van der Waals surface area contributed by atoms with Gasteiger partial charge in [-0.05, 0) is 18.6 Å². The molecule has 0 aliphatic carbocycles. The van der Waals surface area contributed by atoms with Crippen LogP contribution in [0.2, 0.25) is 0 Å². The summed E-state index contributed by atoms with van der Waals surface area (Å²) in [7, 11) is 0. The molecular formula is C11H14FNOS. The fourth-order valence-corrected chi connectivity index (χ4v) is 2.69. The van der Waals surface area contributed by atoms with Gasteiger partial charge in [-0.2, -0.15) is 0 Å². The zero-order valence-electron chi connectivity index (χ0n) is 8.57. The minimum absolute atomic E-state index is 0.135. The first-order chi connectivity index (χ1) is 7.18. The molecular weight excluding hydrogens is 213 g/mol. The van der Waals surface area contributed by atoms with Gasteiger partial charge in [-0.15, -0.1) is 11.8 Å². The van der Waals surface area contributed by atoms with Crippen molar-refractivity contribution in [3.63, 3.8) is 0 Å². The number of hydrogen-bond acceptors (Lipinski definition) is 3.